The molecule has 0 amide bonds. The third-order valence-electron chi connectivity index (χ3n) is 1.82. The lowest BCUT2D eigenvalue weighted by Gasteiger charge is -2.07. The van der Waals surface area contributed by atoms with Crippen molar-refractivity contribution in [1.29, 1.82) is 5.26 Å². The highest BCUT2D eigenvalue weighted by atomic mass is 14.9. The topological polar surface area (TPSA) is 48.7 Å². The van der Waals surface area contributed by atoms with Gasteiger partial charge >= 0.3 is 0 Å². The normalized spacial score (nSPS) is 12.0. The van der Waals surface area contributed by atoms with Crippen LogP contribution in [-0.4, -0.2) is 11.0 Å². The number of rotatable bonds is 4. The fourth-order valence-corrected chi connectivity index (χ4v) is 1.01. The quantitative estimate of drug-likeness (QED) is 0.754. The summed E-state index contributed by atoms with van der Waals surface area (Å²) in [5, 5.41) is 11.8. The van der Waals surface area contributed by atoms with Gasteiger partial charge in [0.2, 0.25) is 0 Å². The van der Waals surface area contributed by atoms with Crippen molar-refractivity contribution in [3.05, 3.63) is 30.1 Å². The molecule has 0 fully saturated rings. The smallest absolute Gasteiger partial charge is 0.0953 e. The average molecular weight is 175 g/mol. The first-order valence-electron chi connectivity index (χ1n) is 4.39. The molecule has 1 N–H and O–H groups in total. The zero-order chi connectivity index (χ0) is 9.52. The molecule has 0 aromatic carbocycles. The van der Waals surface area contributed by atoms with E-state index in [9.17, 15) is 0 Å². The Morgan fingerprint density at radius 2 is 2.46 bits per heavy atom. The van der Waals surface area contributed by atoms with Gasteiger partial charge in [-0.3, -0.25) is 10.3 Å². The summed E-state index contributed by atoms with van der Waals surface area (Å²) in [6.45, 7) is 2.65. The van der Waals surface area contributed by atoms with Crippen LogP contribution in [0.5, 0.6) is 0 Å². The van der Waals surface area contributed by atoms with Gasteiger partial charge in [-0.1, -0.05) is 13.0 Å². The van der Waals surface area contributed by atoms with Gasteiger partial charge in [0, 0.05) is 12.7 Å². The lowest BCUT2D eigenvalue weighted by molar-refractivity contribution is 0.580. The van der Waals surface area contributed by atoms with Gasteiger partial charge in [-0.05, 0) is 18.6 Å². The average Bonchev–Trinajstić information content (AvgIpc) is 2.21. The van der Waals surface area contributed by atoms with Crippen LogP contribution in [0.3, 0.4) is 0 Å². The summed E-state index contributed by atoms with van der Waals surface area (Å²) < 4.78 is 0. The van der Waals surface area contributed by atoms with E-state index in [1.807, 2.05) is 25.1 Å². The number of hydrogen-bond acceptors (Lipinski definition) is 3. The Morgan fingerprint density at radius 1 is 1.62 bits per heavy atom. The lowest BCUT2D eigenvalue weighted by Crippen LogP contribution is -2.26. The Hall–Kier alpha value is -1.40. The van der Waals surface area contributed by atoms with Crippen molar-refractivity contribution in [1.82, 2.24) is 10.3 Å². The Kier molecular flexibility index (Phi) is 3.94. The second-order valence-electron chi connectivity index (χ2n) is 2.79. The first-order chi connectivity index (χ1) is 6.36. The van der Waals surface area contributed by atoms with Crippen LogP contribution in [0.15, 0.2) is 24.4 Å². The Balaban J connectivity index is 2.40. The van der Waals surface area contributed by atoms with Gasteiger partial charge in [0.15, 0.2) is 0 Å². The molecule has 1 aromatic heterocycles. The van der Waals surface area contributed by atoms with Crippen molar-refractivity contribution < 1.29 is 0 Å². The van der Waals surface area contributed by atoms with Crippen LogP contribution in [0.1, 0.15) is 19.0 Å². The molecule has 1 aromatic rings. The number of hydrogen-bond donors (Lipinski definition) is 1. The molecule has 0 spiro atoms. The summed E-state index contributed by atoms with van der Waals surface area (Å²) >= 11 is 0. The summed E-state index contributed by atoms with van der Waals surface area (Å²) in [4.78, 5) is 4.15. The molecule has 0 bridgehead atoms. The minimum Gasteiger partial charge on any atom is -0.296 e. The van der Waals surface area contributed by atoms with E-state index in [0.717, 1.165) is 12.1 Å². The molecule has 1 heterocycles. The van der Waals surface area contributed by atoms with Crippen LogP contribution in [0.4, 0.5) is 0 Å². The molecular weight excluding hydrogens is 162 g/mol. The largest absolute Gasteiger partial charge is 0.296 e. The number of nitrogens with one attached hydrogen (secondary N) is 1. The summed E-state index contributed by atoms with van der Waals surface area (Å²) in [5.41, 5.74) is 0.969. The maximum absolute atomic E-state index is 8.67. The van der Waals surface area contributed by atoms with Crippen LogP contribution in [-0.2, 0) is 6.54 Å². The van der Waals surface area contributed by atoms with E-state index in [0.29, 0.717) is 6.54 Å². The molecule has 3 nitrogen and oxygen atoms in total. The maximum atomic E-state index is 8.67. The molecule has 1 rings (SSSR count). The molecular formula is C10H13N3. The van der Waals surface area contributed by atoms with Crippen molar-refractivity contribution in [2.75, 3.05) is 0 Å². The molecule has 3 heteroatoms. The van der Waals surface area contributed by atoms with Crippen molar-refractivity contribution >= 4 is 0 Å². The third kappa shape index (κ3) is 3.22. The van der Waals surface area contributed by atoms with E-state index in [2.05, 4.69) is 16.4 Å². The highest BCUT2D eigenvalue weighted by Gasteiger charge is 2.02. The molecule has 1 atom stereocenters. The zero-order valence-corrected chi connectivity index (χ0v) is 7.70. The highest BCUT2D eigenvalue weighted by Crippen LogP contribution is 1.95. The van der Waals surface area contributed by atoms with E-state index in [-0.39, 0.29) is 6.04 Å². The predicted octanol–water partition coefficient (Wildman–Crippen LogP) is 1.47. The molecule has 0 aliphatic heterocycles. The first kappa shape index (κ1) is 9.69. The van der Waals surface area contributed by atoms with Gasteiger partial charge < -0.3 is 0 Å². The summed E-state index contributed by atoms with van der Waals surface area (Å²) in [7, 11) is 0. The van der Waals surface area contributed by atoms with E-state index in [1.165, 1.54) is 0 Å². The monoisotopic (exact) mass is 175 g/mol. The predicted molar refractivity (Wildman–Crippen MR) is 50.8 cm³/mol. The van der Waals surface area contributed by atoms with Gasteiger partial charge in [-0.15, -0.1) is 0 Å². The van der Waals surface area contributed by atoms with Crippen LogP contribution < -0.4 is 5.32 Å². The van der Waals surface area contributed by atoms with Gasteiger partial charge in [0.1, 0.15) is 0 Å². The second kappa shape index (κ2) is 5.28. The van der Waals surface area contributed by atoms with Crippen molar-refractivity contribution in [3.8, 4) is 6.07 Å². The van der Waals surface area contributed by atoms with Crippen LogP contribution >= 0.6 is 0 Å². The van der Waals surface area contributed by atoms with E-state index >= 15 is 0 Å². The molecule has 0 aliphatic rings. The second-order valence-corrected chi connectivity index (χ2v) is 2.79. The highest BCUT2D eigenvalue weighted by molar-refractivity contribution is 5.04. The fraction of sp³-hybridized carbons (Fsp3) is 0.400. The SMILES string of the molecule is CCC(C#N)NCc1ccccn1. The van der Waals surface area contributed by atoms with Crippen molar-refractivity contribution in [2.45, 2.75) is 25.9 Å². The zero-order valence-electron chi connectivity index (χ0n) is 7.70. The molecule has 68 valence electrons. The molecule has 1 unspecified atom stereocenters. The number of pyridine rings is 1. The number of nitrogens with zero attached hydrogens (tertiary/aromatic N) is 2. The van der Waals surface area contributed by atoms with Crippen LogP contribution in [0, 0.1) is 11.3 Å². The van der Waals surface area contributed by atoms with E-state index < -0.39 is 0 Å². The van der Waals surface area contributed by atoms with E-state index in [1.54, 1.807) is 6.20 Å². The Bertz CT molecular complexity index is 276. The number of nitriles is 1. The lowest BCUT2D eigenvalue weighted by atomic mass is 10.2. The molecule has 0 aliphatic carbocycles. The van der Waals surface area contributed by atoms with Crippen molar-refractivity contribution in [3.63, 3.8) is 0 Å². The minimum absolute atomic E-state index is 0.0676. The van der Waals surface area contributed by atoms with Gasteiger partial charge in [0.05, 0.1) is 17.8 Å². The van der Waals surface area contributed by atoms with Crippen molar-refractivity contribution in [2.24, 2.45) is 0 Å². The molecule has 0 saturated carbocycles. The van der Waals surface area contributed by atoms with Gasteiger partial charge in [0.25, 0.3) is 0 Å². The maximum Gasteiger partial charge on any atom is 0.0953 e. The fourth-order valence-electron chi connectivity index (χ4n) is 1.01. The van der Waals surface area contributed by atoms with Crippen LogP contribution in [0.25, 0.3) is 0 Å². The van der Waals surface area contributed by atoms with Gasteiger partial charge in [-0.25, -0.2) is 0 Å². The summed E-state index contributed by atoms with van der Waals surface area (Å²) in [6.07, 6.45) is 2.58. The number of aromatic nitrogens is 1. The Labute approximate surface area is 78.4 Å². The standard InChI is InChI=1S/C10H13N3/c1-2-9(7-11)13-8-10-5-3-4-6-12-10/h3-6,9,13H,2,8H2,1H3. The summed E-state index contributed by atoms with van der Waals surface area (Å²) in [5.74, 6) is 0. The third-order valence-corrected chi connectivity index (χ3v) is 1.82. The molecule has 0 saturated heterocycles. The molecule has 13 heavy (non-hydrogen) atoms. The van der Waals surface area contributed by atoms with E-state index in [4.69, 9.17) is 5.26 Å². The summed E-state index contributed by atoms with van der Waals surface area (Å²) in [6, 6.07) is 7.88. The van der Waals surface area contributed by atoms with Gasteiger partial charge in [-0.2, -0.15) is 5.26 Å². The minimum atomic E-state index is -0.0676. The Morgan fingerprint density at radius 3 is 3.00 bits per heavy atom. The molecule has 0 radical (unpaired) electrons. The first-order valence-corrected chi connectivity index (χ1v) is 4.39. The van der Waals surface area contributed by atoms with Crippen LogP contribution in [0.2, 0.25) is 0 Å².